The third-order valence-electron chi connectivity index (χ3n) is 3.10. The van der Waals surface area contributed by atoms with Crippen LogP contribution in [0.4, 0.5) is 0 Å². The van der Waals surface area contributed by atoms with Gasteiger partial charge in [0, 0.05) is 15.4 Å². The first kappa shape index (κ1) is 15.1. The van der Waals surface area contributed by atoms with Crippen LogP contribution in [-0.4, -0.2) is 11.4 Å². The molecule has 2 rings (SSSR count). The number of allylic oxidation sites excluding steroid dienone is 3. The van der Waals surface area contributed by atoms with Crippen molar-refractivity contribution in [2.45, 2.75) is 12.1 Å². The van der Waals surface area contributed by atoms with E-state index >= 15 is 0 Å². The van der Waals surface area contributed by atoms with Gasteiger partial charge in [-0.1, -0.05) is 64.9 Å². The molecule has 0 heterocycles. The quantitative estimate of drug-likeness (QED) is 0.338. The lowest BCUT2D eigenvalue weighted by Crippen LogP contribution is -2.21. The molecule has 108 valence electrons. The van der Waals surface area contributed by atoms with Gasteiger partial charge in [-0.3, -0.25) is 4.79 Å². The van der Waals surface area contributed by atoms with Crippen LogP contribution in [0.25, 0.3) is 27.0 Å². The molecule has 0 saturated heterocycles. The fourth-order valence-corrected chi connectivity index (χ4v) is 1.96. The second kappa shape index (κ2) is 6.95. The highest BCUT2D eigenvalue weighted by atomic mass is 16.1. The van der Waals surface area contributed by atoms with Gasteiger partial charge >= 0.3 is 0 Å². The molecule has 22 heavy (non-hydrogen) atoms. The molecule has 1 aromatic rings. The first-order valence-corrected chi connectivity index (χ1v) is 6.48. The Morgan fingerprint density at radius 2 is 1.86 bits per heavy atom. The van der Waals surface area contributed by atoms with Crippen LogP contribution >= 0.6 is 0 Å². The molecule has 0 aliphatic heterocycles. The van der Waals surface area contributed by atoms with Gasteiger partial charge < -0.3 is 0 Å². The molecule has 7 heteroatoms. The molecule has 0 saturated carbocycles. The van der Waals surface area contributed by atoms with E-state index in [1.807, 2.05) is 30.3 Å². The first-order chi connectivity index (χ1) is 10.7. The van der Waals surface area contributed by atoms with Gasteiger partial charge in [-0.15, -0.1) is 0 Å². The Morgan fingerprint density at radius 1 is 1.18 bits per heavy atom. The monoisotopic (exact) mass is 292 g/mol. The fraction of sp³-hybridized carbons (Fsp3) is 0.133. The predicted octanol–water partition coefficient (Wildman–Crippen LogP) is 4.47. The lowest BCUT2D eigenvalue weighted by Gasteiger charge is -2.20. The van der Waals surface area contributed by atoms with Crippen molar-refractivity contribution in [2.24, 2.45) is 10.2 Å². The van der Waals surface area contributed by atoms with Gasteiger partial charge in [0.05, 0.1) is 0 Å². The predicted molar refractivity (Wildman–Crippen MR) is 83.3 cm³/mol. The molecule has 1 aromatic carbocycles. The second-order valence-corrected chi connectivity index (χ2v) is 4.56. The molecule has 0 N–H and O–H groups in total. The summed E-state index contributed by atoms with van der Waals surface area (Å²) in [6.45, 7) is 0. The van der Waals surface area contributed by atoms with Crippen molar-refractivity contribution >= 4 is 11.9 Å². The lowest BCUT2D eigenvalue weighted by atomic mass is 9.95. The fourth-order valence-electron chi connectivity index (χ4n) is 1.96. The smallest absolute Gasteiger partial charge is 0.185 e. The molecule has 0 unspecified atom stereocenters. The van der Waals surface area contributed by atoms with Gasteiger partial charge in [-0.05, 0) is 29.1 Å². The van der Waals surface area contributed by atoms with Crippen LogP contribution in [0.5, 0.6) is 0 Å². The first-order valence-electron chi connectivity index (χ1n) is 6.48. The normalized spacial score (nSPS) is 19.9. The average molecular weight is 292 g/mol. The van der Waals surface area contributed by atoms with Gasteiger partial charge in [0.2, 0.25) is 0 Å². The maximum Gasteiger partial charge on any atom is 0.185 e. The van der Waals surface area contributed by atoms with Gasteiger partial charge in [-0.2, -0.15) is 0 Å². The molecule has 0 radical (unpaired) electrons. The Hall–Kier alpha value is -3.27. The Balaban J connectivity index is 2.12. The van der Waals surface area contributed by atoms with E-state index in [1.165, 1.54) is 18.2 Å². The van der Waals surface area contributed by atoms with E-state index < -0.39 is 5.66 Å². The molecule has 0 atom stereocenters. The Kier molecular flexibility index (Phi) is 4.78. The summed E-state index contributed by atoms with van der Waals surface area (Å²) in [6, 6.07) is 9.46. The minimum Gasteiger partial charge on any atom is -0.289 e. The van der Waals surface area contributed by atoms with Crippen molar-refractivity contribution in [3.8, 4) is 0 Å². The summed E-state index contributed by atoms with van der Waals surface area (Å²) in [6.07, 6.45) is 7.89. The van der Waals surface area contributed by atoms with Crippen molar-refractivity contribution in [2.75, 3.05) is 0 Å². The number of nitrogens with zero attached hydrogens (tertiary/aromatic N) is 6. The van der Waals surface area contributed by atoms with E-state index in [0.29, 0.717) is 5.57 Å². The molecule has 0 bridgehead atoms. The Labute approximate surface area is 126 Å². The number of ketones is 1. The standard InChI is InChI=1S/C15H12N6O/c16-20-18-15(19-21-17)10-8-13(9-11-15)14(22)7-6-12-4-2-1-3-5-12/h1-10H,11H2. The third kappa shape index (κ3) is 3.64. The topological polar surface area (TPSA) is 115 Å². The van der Waals surface area contributed by atoms with Gasteiger partial charge in [0.25, 0.3) is 0 Å². The number of benzene rings is 1. The number of carbonyl (C=O) groups is 1. The number of azide groups is 1. The maximum absolute atomic E-state index is 12.1. The zero-order valence-corrected chi connectivity index (χ0v) is 11.6. The maximum atomic E-state index is 12.1. The third-order valence-corrected chi connectivity index (χ3v) is 3.10. The molecule has 1 aliphatic rings. The number of carbonyl (C=O) groups excluding carboxylic acids is 1. The zero-order chi connectivity index (χ0) is 15.8. The summed E-state index contributed by atoms with van der Waals surface area (Å²) in [4.78, 5) is 17.4. The van der Waals surface area contributed by atoms with E-state index in [0.717, 1.165) is 5.56 Å². The second-order valence-electron chi connectivity index (χ2n) is 4.56. The number of hydrogen-bond acceptors (Lipinski definition) is 3. The molecule has 0 amide bonds. The lowest BCUT2D eigenvalue weighted by molar-refractivity contribution is -0.111. The molecule has 1 aliphatic carbocycles. The van der Waals surface area contributed by atoms with Gasteiger partial charge in [-0.25, -0.2) is 0 Å². The van der Waals surface area contributed by atoms with Crippen LogP contribution < -0.4 is 0 Å². The van der Waals surface area contributed by atoms with E-state index in [4.69, 9.17) is 11.1 Å². The number of hydrogen-bond donors (Lipinski definition) is 0. The summed E-state index contributed by atoms with van der Waals surface area (Å²) in [7, 11) is 0. The van der Waals surface area contributed by atoms with Crippen molar-refractivity contribution in [3.63, 3.8) is 0 Å². The summed E-state index contributed by atoms with van der Waals surface area (Å²) in [5.74, 6) is -0.171. The van der Waals surface area contributed by atoms with Crippen LogP contribution in [0.3, 0.4) is 0 Å². The summed E-state index contributed by atoms with van der Waals surface area (Å²) >= 11 is 0. The molecule has 0 spiro atoms. The molecular formula is C15H12N6O. The largest absolute Gasteiger partial charge is 0.289 e. The van der Waals surface area contributed by atoms with Crippen LogP contribution in [0.1, 0.15) is 12.0 Å². The van der Waals surface area contributed by atoms with E-state index in [-0.39, 0.29) is 12.2 Å². The number of rotatable bonds is 5. The molecule has 7 nitrogen and oxygen atoms in total. The average Bonchev–Trinajstić information content (AvgIpc) is 2.55. The van der Waals surface area contributed by atoms with Crippen molar-refractivity contribution in [1.29, 1.82) is 0 Å². The van der Waals surface area contributed by atoms with Gasteiger partial charge in [0.15, 0.2) is 5.78 Å². The van der Waals surface area contributed by atoms with Crippen LogP contribution in [0, 0.1) is 0 Å². The SMILES string of the molecule is [N-]=[N+]=NC1(N=[N+]=[N-])C=CC(C(=O)C=Cc2ccccc2)=CC1. The summed E-state index contributed by atoms with van der Waals surface area (Å²) < 4.78 is 0. The Morgan fingerprint density at radius 3 is 2.41 bits per heavy atom. The highest BCUT2D eigenvalue weighted by Crippen LogP contribution is 2.27. The van der Waals surface area contributed by atoms with E-state index in [2.05, 4.69) is 20.1 Å². The van der Waals surface area contributed by atoms with E-state index in [9.17, 15) is 4.79 Å². The van der Waals surface area contributed by atoms with E-state index in [1.54, 1.807) is 12.2 Å². The Bertz CT molecular complexity index is 731. The van der Waals surface area contributed by atoms with Crippen molar-refractivity contribution < 1.29 is 4.79 Å². The van der Waals surface area contributed by atoms with Crippen LogP contribution in [0.15, 0.2) is 70.4 Å². The highest BCUT2D eigenvalue weighted by molar-refractivity contribution is 6.08. The molecular weight excluding hydrogens is 280 g/mol. The van der Waals surface area contributed by atoms with Gasteiger partial charge in [0.1, 0.15) is 5.66 Å². The van der Waals surface area contributed by atoms with Crippen LogP contribution in [0.2, 0.25) is 0 Å². The van der Waals surface area contributed by atoms with Crippen LogP contribution in [-0.2, 0) is 4.79 Å². The zero-order valence-electron chi connectivity index (χ0n) is 11.6. The summed E-state index contributed by atoms with van der Waals surface area (Å²) in [5.41, 5.74) is 17.2. The highest BCUT2D eigenvalue weighted by Gasteiger charge is 2.26. The summed E-state index contributed by atoms with van der Waals surface area (Å²) in [5, 5.41) is 6.98. The van der Waals surface area contributed by atoms with Crippen molar-refractivity contribution in [1.82, 2.24) is 0 Å². The molecule has 0 aromatic heterocycles. The van der Waals surface area contributed by atoms with Crippen molar-refractivity contribution in [3.05, 3.63) is 86.7 Å². The minimum atomic E-state index is -1.31. The minimum absolute atomic E-state index is 0.151. The molecule has 0 fully saturated rings.